The average molecular weight is 289 g/mol. The monoisotopic (exact) mass is 289 g/mol. The Hall–Kier alpha value is -2.15. The summed E-state index contributed by atoms with van der Waals surface area (Å²) in [6.07, 6.45) is 10.5. The largest absolute Gasteiger partial charge is 0.376 e. The Morgan fingerprint density at radius 1 is 1.38 bits per heavy atom. The molecule has 7 nitrogen and oxygen atoms in total. The van der Waals surface area contributed by atoms with Gasteiger partial charge in [-0.15, -0.1) is 0 Å². The van der Waals surface area contributed by atoms with E-state index in [1.807, 2.05) is 10.9 Å². The number of nitrogens with one attached hydrogen (secondary N) is 1. The molecular formula is C14H19N5O2. The summed E-state index contributed by atoms with van der Waals surface area (Å²) in [5.41, 5.74) is 0.697. The van der Waals surface area contributed by atoms with Crippen molar-refractivity contribution in [1.29, 1.82) is 0 Å². The highest BCUT2D eigenvalue weighted by atomic mass is 16.5. The summed E-state index contributed by atoms with van der Waals surface area (Å²) in [4.78, 5) is 11.8. The normalized spacial score (nSPS) is 18.6. The Kier molecular flexibility index (Phi) is 4.30. The lowest BCUT2D eigenvalue weighted by Gasteiger charge is -2.22. The van der Waals surface area contributed by atoms with Crippen LogP contribution in [0.1, 0.15) is 19.3 Å². The van der Waals surface area contributed by atoms with Crippen molar-refractivity contribution >= 4 is 11.6 Å². The minimum atomic E-state index is -0.118. The second kappa shape index (κ2) is 6.53. The molecule has 1 aliphatic heterocycles. The van der Waals surface area contributed by atoms with Gasteiger partial charge in [-0.3, -0.25) is 14.2 Å². The van der Waals surface area contributed by atoms with E-state index < -0.39 is 0 Å². The molecule has 7 heteroatoms. The van der Waals surface area contributed by atoms with Gasteiger partial charge in [0.1, 0.15) is 6.54 Å². The van der Waals surface area contributed by atoms with Crippen LogP contribution in [0.15, 0.2) is 30.9 Å². The van der Waals surface area contributed by atoms with Crippen molar-refractivity contribution in [3.63, 3.8) is 0 Å². The molecule has 0 radical (unpaired) electrons. The molecule has 21 heavy (non-hydrogen) atoms. The highest BCUT2D eigenvalue weighted by Crippen LogP contribution is 2.15. The van der Waals surface area contributed by atoms with Crippen molar-refractivity contribution < 1.29 is 9.53 Å². The van der Waals surface area contributed by atoms with Gasteiger partial charge in [0.15, 0.2) is 0 Å². The van der Waals surface area contributed by atoms with E-state index in [-0.39, 0.29) is 18.6 Å². The number of nitrogens with zero attached hydrogens (tertiary/aromatic N) is 4. The van der Waals surface area contributed by atoms with E-state index >= 15 is 0 Å². The molecule has 0 bridgehead atoms. The van der Waals surface area contributed by atoms with Crippen molar-refractivity contribution in [2.45, 2.75) is 38.5 Å². The standard InChI is InChI=1S/C14H19N5O2/c20-14(11-18-6-3-5-15-18)17-12-8-16-19(9-12)10-13-4-1-2-7-21-13/h3,5-6,8-9,13H,1-2,4,7,10-11H2,(H,17,20)/t13-/m0/s1. The highest BCUT2D eigenvalue weighted by molar-refractivity contribution is 5.90. The molecule has 1 N–H and O–H groups in total. The SMILES string of the molecule is O=C(Cn1cccn1)Nc1cnn(C[C@@H]2CCCCO2)c1. The molecule has 0 unspecified atom stereocenters. The number of hydrogen-bond donors (Lipinski definition) is 1. The van der Waals surface area contributed by atoms with Crippen molar-refractivity contribution in [3.05, 3.63) is 30.9 Å². The van der Waals surface area contributed by atoms with Crippen molar-refractivity contribution in [2.24, 2.45) is 0 Å². The lowest BCUT2D eigenvalue weighted by molar-refractivity contribution is -0.116. The Bertz CT molecular complexity index is 572. The first kappa shape index (κ1) is 13.8. The second-order valence-corrected chi connectivity index (χ2v) is 5.19. The third-order valence-electron chi connectivity index (χ3n) is 3.45. The van der Waals surface area contributed by atoms with Crippen LogP contribution in [0.5, 0.6) is 0 Å². The fourth-order valence-electron chi connectivity index (χ4n) is 2.43. The number of rotatable bonds is 5. The van der Waals surface area contributed by atoms with Crippen molar-refractivity contribution in [2.75, 3.05) is 11.9 Å². The van der Waals surface area contributed by atoms with Gasteiger partial charge < -0.3 is 10.1 Å². The van der Waals surface area contributed by atoms with Crippen LogP contribution < -0.4 is 5.32 Å². The van der Waals surface area contributed by atoms with E-state index in [4.69, 9.17) is 4.74 Å². The van der Waals surface area contributed by atoms with Crippen molar-refractivity contribution in [1.82, 2.24) is 19.6 Å². The minimum Gasteiger partial charge on any atom is -0.376 e. The zero-order valence-corrected chi connectivity index (χ0v) is 11.8. The zero-order valence-electron chi connectivity index (χ0n) is 11.8. The molecule has 0 saturated carbocycles. The van der Waals surface area contributed by atoms with Gasteiger partial charge in [-0.05, 0) is 25.3 Å². The van der Waals surface area contributed by atoms with Crippen LogP contribution in [-0.4, -0.2) is 38.2 Å². The van der Waals surface area contributed by atoms with Gasteiger partial charge in [0.2, 0.25) is 5.91 Å². The number of aromatic nitrogens is 4. The Balaban J connectivity index is 1.51. The van der Waals surface area contributed by atoms with E-state index in [1.54, 1.807) is 29.3 Å². The maximum Gasteiger partial charge on any atom is 0.246 e. The number of amides is 1. The van der Waals surface area contributed by atoms with Gasteiger partial charge in [-0.2, -0.15) is 10.2 Å². The quantitative estimate of drug-likeness (QED) is 0.900. The lowest BCUT2D eigenvalue weighted by atomic mass is 10.1. The lowest BCUT2D eigenvalue weighted by Crippen LogP contribution is -2.24. The highest BCUT2D eigenvalue weighted by Gasteiger charge is 2.15. The third-order valence-corrected chi connectivity index (χ3v) is 3.45. The number of hydrogen-bond acceptors (Lipinski definition) is 4. The van der Waals surface area contributed by atoms with Crippen LogP contribution in [0.4, 0.5) is 5.69 Å². The van der Waals surface area contributed by atoms with Crippen LogP contribution in [0.25, 0.3) is 0 Å². The summed E-state index contributed by atoms with van der Waals surface area (Å²) >= 11 is 0. The number of anilines is 1. The summed E-state index contributed by atoms with van der Waals surface area (Å²) in [5, 5.41) is 11.1. The van der Waals surface area contributed by atoms with Crippen molar-refractivity contribution in [3.8, 4) is 0 Å². The number of carbonyl (C=O) groups excluding carboxylic acids is 1. The van der Waals surface area contributed by atoms with Crippen LogP contribution >= 0.6 is 0 Å². The zero-order chi connectivity index (χ0) is 14.5. The Labute approximate surface area is 122 Å². The summed E-state index contributed by atoms with van der Waals surface area (Å²) in [6, 6.07) is 1.79. The summed E-state index contributed by atoms with van der Waals surface area (Å²) in [6.45, 7) is 1.76. The van der Waals surface area contributed by atoms with E-state index in [0.717, 1.165) is 26.0 Å². The molecular weight excluding hydrogens is 270 g/mol. The molecule has 112 valence electrons. The van der Waals surface area contributed by atoms with Gasteiger partial charge >= 0.3 is 0 Å². The van der Waals surface area contributed by atoms with E-state index in [0.29, 0.717) is 5.69 Å². The Morgan fingerprint density at radius 2 is 2.33 bits per heavy atom. The van der Waals surface area contributed by atoms with Crippen LogP contribution in [0.2, 0.25) is 0 Å². The van der Waals surface area contributed by atoms with E-state index in [9.17, 15) is 4.79 Å². The molecule has 3 rings (SSSR count). The molecule has 0 spiro atoms. The maximum atomic E-state index is 11.8. The van der Waals surface area contributed by atoms with Gasteiger partial charge in [0.05, 0.1) is 24.5 Å². The number of carbonyl (C=O) groups is 1. The van der Waals surface area contributed by atoms with Crippen LogP contribution in [0.3, 0.4) is 0 Å². The molecule has 2 aromatic rings. The minimum absolute atomic E-state index is 0.118. The van der Waals surface area contributed by atoms with Crippen LogP contribution in [0, 0.1) is 0 Å². The maximum absolute atomic E-state index is 11.8. The number of ether oxygens (including phenoxy) is 1. The van der Waals surface area contributed by atoms with E-state index in [1.165, 1.54) is 6.42 Å². The molecule has 1 fully saturated rings. The van der Waals surface area contributed by atoms with Gasteiger partial charge in [0, 0.05) is 25.2 Å². The molecule has 1 atom stereocenters. The predicted octanol–water partition coefficient (Wildman–Crippen LogP) is 1.29. The van der Waals surface area contributed by atoms with E-state index in [2.05, 4.69) is 15.5 Å². The Morgan fingerprint density at radius 3 is 3.10 bits per heavy atom. The predicted molar refractivity (Wildman–Crippen MR) is 76.7 cm³/mol. The molecule has 1 aliphatic rings. The van der Waals surface area contributed by atoms with Gasteiger partial charge in [-0.1, -0.05) is 0 Å². The molecule has 2 aromatic heterocycles. The molecule has 1 amide bonds. The summed E-state index contributed by atoms with van der Waals surface area (Å²) < 4.78 is 9.08. The van der Waals surface area contributed by atoms with Crippen LogP contribution in [-0.2, 0) is 22.6 Å². The molecule has 3 heterocycles. The fraction of sp³-hybridized carbons (Fsp3) is 0.500. The molecule has 0 aliphatic carbocycles. The first-order chi connectivity index (χ1) is 10.3. The third kappa shape index (κ3) is 3.91. The summed E-state index contributed by atoms with van der Waals surface area (Å²) in [5.74, 6) is -0.118. The molecule has 1 saturated heterocycles. The van der Waals surface area contributed by atoms with Gasteiger partial charge in [0.25, 0.3) is 0 Å². The fourth-order valence-corrected chi connectivity index (χ4v) is 2.43. The first-order valence-corrected chi connectivity index (χ1v) is 7.21. The second-order valence-electron chi connectivity index (χ2n) is 5.19. The topological polar surface area (TPSA) is 74.0 Å². The first-order valence-electron chi connectivity index (χ1n) is 7.21. The smallest absolute Gasteiger partial charge is 0.246 e. The summed E-state index contributed by atoms with van der Waals surface area (Å²) in [7, 11) is 0. The average Bonchev–Trinajstić information content (AvgIpc) is 3.12. The van der Waals surface area contributed by atoms with Gasteiger partial charge in [-0.25, -0.2) is 0 Å². The molecule has 0 aromatic carbocycles.